The zero-order valence-electron chi connectivity index (χ0n) is 10.3. The molecule has 0 radical (unpaired) electrons. The van der Waals surface area contributed by atoms with Crippen LogP contribution in [-0.2, 0) is 4.79 Å². The predicted octanol–water partition coefficient (Wildman–Crippen LogP) is 1.20. The second kappa shape index (κ2) is 8.45. The average molecular weight is 240 g/mol. The molecule has 0 aromatic rings. The van der Waals surface area contributed by atoms with Crippen LogP contribution in [-0.4, -0.2) is 29.7 Å². The van der Waals surface area contributed by atoms with Crippen molar-refractivity contribution in [3.63, 3.8) is 0 Å². The molecule has 0 aromatic heterocycles. The van der Waals surface area contributed by atoms with Gasteiger partial charge in [-0.2, -0.15) is 0 Å². The minimum Gasteiger partial charge on any atom is -0.481 e. The summed E-state index contributed by atoms with van der Waals surface area (Å²) >= 11 is 0. The SMILES string of the molecule is C#CCC(C)NC(=O)NCC(CCC)C(=O)O. The van der Waals surface area contributed by atoms with Crippen LogP contribution >= 0.6 is 0 Å². The first-order valence-electron chi connectivity index (χ1n) is 5.71. The first-order chi connectivity index (χ1) is 8.01. The molecule has 0 saturated heterocycles. The van der Waals surface area contributed by atoms with Gasteiger partial charge >= 0.3 is 12.0 Å². The van der Waals surface area contributed by atoms with Gasteiger partial charge in [0.1, 0.15) is 0 Å². The maximum absolute atomic E-state index is 11.4. The third-order valence-electron chi connectivity index (χ3n) is 2.30. The van der Waals surface area contributed by atoms with Gasteiger partial charge in [0.05, 0.1) is 5.92 Å². The Hall–Kier alpha value is -1.70. The number of urea groups is 1. The van der Waals surface area contributed by atoms with Crippen molar-refractivity contribution in [1.29, 1.82) is 0 Å². The molecule has 0 rings (SSSR count). The number of carbonyl (C=O) groups is 2. The number of nitrogens with one attached hydrogen (secondary N) is 2. The van der Waals surface area contributed by atoms with E-state index in [1.165, 1.54) is 0 Å². The van der Waals surface area contributed by atoms with Crippen molar-refractivity contribution < 1.29 is 14.7 Å². The van der Waals surface area contributed by atoms with E-state index in [0.717, 1.165) is 6.42 Å². The lowest BCUT2D eigenvalue weighted by Gasteiger charge is -2.15. The van der Waals surface area contributed by atoms with E-state index in [2.05, 4.69) is 16.6 Å². The van der Waals surface area contributed by atoms with E-state index in [-0.39, 0.29) is 18.6 Å². The van der Waals surface area contributed by atoms with Gasteiger partial charge in [0.15, 0.2) is 0 Å². The van der Waals surface area contributed by atoms with Gasteiger partial charge in [-0.15, -0.1) is 12.3 Å². The molecule has 5 nitrogen and oxygen atoms in total. The highest BCUT2D eigenvalue weighted by molar-refractivity contribution is 5.76. The van der Waals surface area contributed by atoms with Crippen molar-refractivity contribution in [3.05, 3.63) is 0 Å². The van der Waals surface area contributed by atoms with Crippen molar-refractivity contribution in [2.45, 2.75) is 39.2 Å². The lowest BCUT2D eigenvalue weighted by Crippen LogP contribution is -2.43. The highest BCUT2D eigenvalue weighted by atomic mass is 16.4. The number of rotatable bonds is 7. The predicted molar refractivity (Wildman–Crippen MR) is 65.5 cm³/mol. The number of carboxylic acid groups (broad SMARTS) is 1. The highest BCUT2D eigenvalue weighted by Crippen LogP contribution is 2.04. The lowest BCUT2D eigenvalue weighted by molar-refractivity contribution is -0.141. The van der Waals surface area contributed by atoms with Crippen LogP contribution in [0.2, 0.25) is 0 Å². The summed E-state index contributed by atoms with van der Waals surface area (Å²) < 4.78 is 0. The fraction of sp³-hybridized carbons (Fsp3) is 0.667. The molecule has 3 N–H and O–H groups in total. The van der Waals surface area contributed by atoms with Crippen LogP contribution in [0.15, 0.2) is 0 Å². The van der Waals surface area contributed by atoms with Crippen LogP contribution in [0.1, 0.15) is 33.1 Å². The minimum atomic E-state index is -0.885. The van der Waals surface area contributed by atoms with Crippen molar-refractivity contribution >= 4 is 12.0 Å². The van der Waals surface area contributed by atoms with Gasteiger partial charge in [-0.05, 0) is 13.3 Å². The standard InChI is InChI=1S/C12H20N2O3/c1-4-6-9(3)14-12(17)13-8-10(7-5-2)11(15)16/h1,9-10H,5-8H2,2-3H3,(H,15,16)(H2,13,14,17). The highest BCUT2D eigenvalue weighted by Gasteiger charge is 2.17. The Balaban J connectivity index is 3.96. The van der Waals surface area contributed by atoms with Gasteiger partial charge in [-0.25, -0.2) is 4.79 Å². The lowest BCUT2D eigenvalue weighted by atomic mass is 10.0. The van der Waals surface area contributed by atoms with E-state index < -0.39 is 11.9 Å². The zero-order chi connectivity index (χ0) is 13.3. The molecule has 0 fully saturated rings. The van der Waals surface area contributed by atoms with Crippen molar-refractivity contribution in [1.82, 2.24) is 10.6 Å². The Morgan fingerprint density at radius 2 is 2.12 bits per heavy atom. The van der Waals surface area contributed by atoms with Crippen LogP contribution < -0.4 is 10.6 Å². The Labute approximate surface area is 102 Å². The van der Waals surface area contributed by atoms with E-state index in [1.807, 2.05) is 6.92 Å². The van der Waals surface area contributed by atoms with Crippen LogP contribution in [0.4, 0.5) is 4.79 Å². The summed E-state index contributed by atoms with van der Waals surface area (Å²) in [5.74, 6) is 1.02. The number of hydrogen-bond acceptors (Lipinski definition) is 2. The molecular formula is C12H20N2O3. The van der Waals surface area contributed by atoms with Crippen LogP contribution in [0.5, 0.6) is 0 Å². The quantitative estimate of drug-likeness (QED) is 0.585. The molecule has 2 amide bonds. The first-order valence-corrected chi connectivity index (χ1v) is 5.71. The minimum absolute atomic E-state index is 0.116. The number of aliphatic carboxylic acids is 1. The molecule has 0 aliphatic heterocycles. The second-order valence-electron chi connectivity index (χ2n) is 3.99. The number of carbonyl (C=O) groups excluding carboxylic acids is 1. The van der Waals surface area contributed by atoms with E-state index in [1.54, 1.807) is 6.92 Å². The molecule has 0 bridgehead atoms. The average Bonchev–Trinajstić information content (AvgIpc) is 2.23. The Kier molecular flexibility index (Phi) is 7.61. The molecule has 2 unspecified atom stereocenters. The molecule has 0 saturated carbocycles. The Bertz CT molecular complexity index is 297. The van der Waals surface area contributed by atoms with E-state index >= 15 is 0 Å². The van der Waals surface area contributed by atoms with Crippen molar-refractivity contribution in [3.8, 4) is 12.3 Å². The monoisotopic (exact) mass is 240 g/mol. The number of hydrogen-bond donors (Lipinski definition) is 3. The molecule has 96 valence electrons. The first kappa shape index (κ1) is 15.3. The molecule has 5 heteroatoms. The number of carboxylic acids is 1. The van der Waals surface area contributed by atoms with Crippen LogP contribution in [0, 0.1) is 18.3 Å². The topological polar surface area (TPSA) is 78.4 Å². The zero-order valence-corrected chi connectivity index (χ0v) is 10.3. The molecule has 0 aliphatic carbocycles. The van der Waals surface area contributed by atoms with E-state index in [9.17, 15) is 9.59 Å². The molecule has 0 aromatic carbocycles. The summed E-state index contributed by atoms with van der Waals surface area (Å²) in [4.78, 5) is 22.2. The smallest absolute Gasteiger partial charge is 0.315 e. The second-order valence-corrected chi connectivity index (χ2v) is 3.99. The third-order valence-corrected chi connectivity index (χ3v) is 2.30. The summed E-state index contributed by atoms with van der Waals surface area (Å²) in [7, 11) is 0. The van der Waals surface area contributed by atoms with Gasteiger partial charge in [0.25, 0.3) is 0 Å². The molecule has 0 aliphatic rings. The number of terminal acetylenes is 1. The van der Waals surface area contributed by atoms with Crippen molar-refractivity contribution in [2.75, 3.05) is 6.54 Å². The van der Waals surface area contributed by atoms with Crippen molar-refractivity contribution in [2.24, 2.45) is 5.92 Å². The van der Waals surface area contributed by atoms with Gasteiger partial charge in [0, 0.05) is 19.0 Å². The fourth-order valence-electron chi connectivity index (χ4n) is 1.38. The summed E-state index contributed by atoms with van der Waals surface area (Å²) in [5.41, 5.74) is 0. The maximum atomic E-state index is 11.4. The number of amides is 2. The fourth-order valence-corrected chi connectivity index (χ4v) is 1.38. The van der Waals surface area contributed by atoms with Gasteiger partial charge in [0.2, 0.25) is 0 Å². The van der Waals surface area contributed by atoms with Gasteiger partial charge in [-0.1, -0.05) is 13.3 Å². The Morgan fingerprint density at radius 3 is 2.59 bits per heavy atom. The van der Waals surface area contributed by atoms with E-state index in [4.69, 9.17) is 11.5 Å². The molecule has 17 heavy (non-hydrogen) atoms. The van der Waals surface area contributed by atoms with Gasteiger partial charge < -0.3 is 15.7 Å². The summed E-state index contributed by atoms with van der Waals surface area (Å²) in [6, 6.07) is -0.496. The molecule has 2 atom stereocenters. The molecular weight excluding hydrogens is 220 g/mol. The molecule has 0 heterocycles. The molecule has 0 spiro atoms. The maximum Gasteiger partial charge on any atom is 0.315 e. The summed E-state index contributed by atoms with van der Waals surface area (Å²) in [6.07, 6.45) is 6.88. The normalized spacial score (nSPS) is 13.2. The largest absolute Gasteiger partial charge is 0.481 e. The Morgan fingerprint density at radius 1 is 1.47 bits per heavy atom. The third kappa shape index (κ3) is 7.23. The van der Waals surface area contributed by atoms with Crippen LogP contribution in [0.25, 0.3) is 0 Å². The van der Waals surface area contributed by atoms with Crippen LogP contribution in [0.3, 0.4) is 0 Å². The summed E-state index contributed by atoms with van der Waals surface area (Å²) in [6.45, 7) is 3.84. The van der Waals surface area contributed by atoms with Gasteiger partial charge in [-0.3, -0.25) is 4.79 Å². The summed E-state index contributed by atoms with van der Waals surface area (Å²) in [5, 5.41) is 14.1. The van der Waals surface area contributed by atoms with E-state index in [0.29, 0.717) is 12.8 Å².